The molecule has 2 heterocycles. The average molecular weight is 370 g/mol. The fourth-order valence-electron chi connectivity index (χ4n) is 2.93. The van der Waals surface area contributed by atoms with E-state index >= 15 is 0 Å². The van der Waals surface area contributed by atoms with Crippen molar-refractivity contribution in [1.29, 1.82) is 0 Å². The second-order valence-electron chi connectivity index (χ2n) is 5.88. The fraction of sp³-hybridized carbons (Fsp3) is 0.438. The van der Waals surface area contributed by atoms with E-state index in [1.807, 2.05) is 0 Å². The molecule has 2 aromatic rings. The van der Waals surface area contributed by atoms with Crippen LogP contribution in [0.2, 0.25) is 5.02 Å². The van der Waals surface area contributed by atoms with Crippen LogP contribution in [-0.2, 0) is 14.8 Å². The molecular formula is C16H20ClN3O3S. The van der Waals surface area contributed by atoms with Gasteiger partial charge in [0.05, 0.1) is 23.2 Å². The molecule has 1 unspecified atom stereocenters. The number of ether oxygens (including phenoxy) is 1. The van der Waals surface area contributed by atoms with Crippen LogP contribution >= 0.6 is 11.6 Å². The Kier molecular flexibility index (Phi) is 4.96. The number of nitrogens with zero attached hydrogens (tertiary/aromatic N) is 2. The van der Waals surface area contributed by atoms with Gasteiger partial charge in [-0.25, -0.2) is 17.8 Å². The number of benzene rings is 1. The largest absolute Gasteiger partial charge is 0.377 e. The van der Waals surface area contributed by atoms with Gasteiger partial charge in [-0.3, -0.25) is 0 Å². The van der Waals surface area contributed by atoms with E-state index < -0.39 is 10.0 Å². The van der Waals surface area contributed by atoms with Gasteiger partial charge >= 0.3 is 0 Å². The minimum absolute atomic E-state index is 0.0494. The SMILES string of the molecule is Cc1nn(-c2ccc(Cl)cc2)c(C)c1S(=O)(=O)NCC1CCCO1. The Morgan fingerprint density at radius 1 is 1.33 bits per heavy atom. The van der Waals surface area contributed by atoms with E-state index in [-0.39, 0.29) is 17.5 Å². The van der Waals surface area contributed by atoms with Crippen LogP contribution in [-0.4, -0.2) is 37.5 Å². The average Bonchev–Trinajstić information content (AvgIpc) is 3.14. The van der Waals surface area contributed by atoms with E-state index in [0.29, 0.717) is 23.0 Å². The molecule has 24 heavy (non-hydrogen) atoms. The van der Waals surface area contributed by atoms with Crippen LogP contribution in [0.25, 0.3) is 5.69 Å². The summed E-state index contributed by atoms with van der Waals surface area (Å²) in [6, 6.07) is 7.10. The predicted octanol–water partition coefficient (Wildman–Crippen LogP) is 2.60. The predicted molar refractivity (Wildman–Crippen MR) is 92.2 cm³/mol. The molecule has 0 radical (unpaired) electrons. The molecule has 8 heteroatoms. The van der Waals surface area contributed by atoms with Crippen LogP contribution in [0.1, 0.15) is 24.2 Å². The van der Waals surface area contributed by atoms with Gasteiger partial charge in [-0.2, -0.15) is 5.10 Å². The minimum Gasteiger partial charge on any atom is -0.377 e. The molecule has 0 amide bonds. The van der Waals surface area contributed by atoms with Gasteiger partial charge < -0.3 is 4.74 Å². The van der Waals surface area contributed by atoms with Gasteiger partial charge in [-0.05, 0) is 51.0 Å². The van der Waals surface area contributed by atoms with Gasteiger partial charge in [0.15, 0.2) is 0 Å². The number of sulfonamides is 1. The summed E-state index contributed by atoms with van der Waals surface area (Å²) in [6.45, 7) is 4.42. The number of hydrogen-bond donors (Lipinski definition) is 1. The summed E-state index contributed by atoms with van der Waals surface area (Å²) in [7, 11) is -3.64. The van der Waals surface area contributed by atoms with Crippen LogP contribution in [0, 0.1) is 13.8 Å². The van der Waals surface area contributed by atoms with Crippen molar-refractivity contribution < 1.29 is 13.2 Å². The molecule has 1 aromatic heterocycles. The third-order valence-electron chi connectivity index (χ3n) is 4.09. The molecule has 0 bridgehead atoms. The lowest BCUT2D eigenvalue weighted by Crippen LogP contribution is -2.32. The normalized spacial score (nSPS) is 18.2. The zero-order chi connectivity index (χ0) is 17.3. The maximum atomic E-state index is 12.7. The molecule has 3 rings (SSSR count). The number of rotatable bonds is 5. The first-order valence-electron chi connectivity index (χ1n) is 7.82. The van der Waals surface area contributed by atoms with Crippen molar-refractivity contribution >= 4 is 21.6 Å². The van der Waals surface area contributed by atoms with Gasteiger partial charge in [0.1, 0.15) is 4.90 Å². The summed E-state index contributed by atoms with van der Waals surface area (Å²) in [5.41, 5.74) is 1.79. The van der Waals surface area contributed by atoms with E-state index in [9.17, 15) is 8.42 Å². The number of hydrogen-bond acceptors (Lipinski definition) is 4. The fourth-order valence-corrected chi connectivity index (χ4v) is 4.51. The highest BCUT2D eigenvalue weighted by Gasteiger charge is 2.26. The van der Waals surface area contributed by atoms with Crippen molar-refractivity contribution in [2.45, 2.75) is 37.7 Å². The first-order chi connectivity index (χ1) is 11.4. The second-order valence-corrected chi connectivity index (χ2v) is 8.02. The first kappa shape index (κ1) is 17.4. The Bertz CT molecular complexity index is 825. The summed E-state index contributed by atoms with van der Waals surface area (Å²) in [4.78, 5) is 0.218. The van der Waals surface area contributed by atoms with Gasteiger partial charge in [-0.15, -0.1) is 0 Å². The number of aromatic nitrogens is 2. The van der Waals surface area contributed by atoms with Crippen molar-refractivity contribution in [2.75, 3.05) is 13.2 Å². The Hall–Kier alpha value is -1.41. The molecular weight excluding hydrogens is 350 g/mol. The molecule has 1 aromatic carbocycles. The van der Waals surface area contributed by atoms with Gasteiger partial charge in [0.2, 0.25) is 10.0 Å². The molecule has 0 saturated carbocycles. The van der Waals surface area contributed by atoms with Gasteiger partial charge in [0, 0.05) is 18.2 Å². The first-order valence-corrected chi connectivity index (χ1v) is 9.68. The highest BCUT2D eigenvalue weighted by Crippen LogP contribution is 2.23. The molecule has 1 aliphatic rings. The Labute approximate surface area is 146 Å². The van der Waals surface area contributed by atoms with Crippen LogP contribution in [0.5, 0.6) is 0 Å². The molecule has 1 fully saturated rings. The lowest BCUT2D eigenvalue weighted by atomic mass is 10.2. The molecule has 1 aliphatic heterocycles. The Morgan fingerprint density at radius 3 is 2.67 bits per heavy atom. The van der Waals surface area contributed by atoms with Crippen molar-refractivity contribution in [3.8, 4) is 5.69 Å². The molecule has 1 N–H and O–H groups in total. The maximum Gasteiger partial charge on any atom is 0.244 e. The third kappa shape index (κ3) is 3.49. The number of aryl methyl sites for hydroxylation is 1. The molecule has 0 spiro atoms. The van der Waals surface area contributed by atoms with Gasteiger partial charge in [0.25, 0.3) is 0 Å². The highest BCUT2D eigenvalue weighted by atomic mass is 35.5. The molecule has 1 saturated heterocycles. The quantitative estimate of drug-likeness (QED) is 0.879. The van der Waals surface area contributed by atoms with Crippen LogP contribution in [0.4, 0.5) is 0 Å². The summed E-state index contributed by atoms with van der Waals surface area (Å²) in [5.74, 6) is 0. The highest BCUT2D eigenvalue weighted by molar-refractivity contribution is 7.89. The lowest BCUT2D eigenvalue weighted by molar-refractivity contribution is 0.114. The topological polar surface area (TPSA) is 73.2 Å². The van der Waals surface area contributed by atoms with E-state index in [4.69, 9.17) is 16.3 Å². The maximum absolute atomic E-state index is 12.7. The smallest absolute Gasteiger partial charge is 0.244 e. The number of nitrogens with one attached hydrogen (secondary N) is 1. The van der Waals surface area contributed by atoms with Crippen molar-refractivity contribution in [1.82, 2.24) is 14.5 Å². The zero-order valence-corrected chi connectivity index (χ0v) is 15.2. The van der Waals surface area contributed by atoms with Crippen molar-refractivity contribution in [3.63, 3.8) is 0 Å². The Balaban J connectivity index is 1.88. The van der Waals surface area contributed by atoms with E-state index in [1.54, 1.807) is 42.8 Å². The summed E-state index contributed by atoms with van der Waals surface area (Å²) in [5, 5.41) is 5.00. The minimum atomic E-state index is -3.64. The monoisotopic (exact) mass is 369 g/mol. The van der Waals surface area contributed by atoms with E-state index in [0.717, 1.165) is 18.5 Å². The molecule has 6 nitrogen and oxygen atoms in total. The van der Waals surface area contributed by atoms with E-state index in [1.165, 1.54) is 0 Å². The number of halogens is 1. The standard InChI is InChI=1S/C16H20ClN3O3S/c1-11-16(24(21,22)18-10-15-4-3-9-23-15)12(2)20(19-11)14-7-5-13(17)6-8-14/h5-8,15,18H,3-4,9-10H2,1-2H3. The summed E-state index contributed by atoms with van der Waals surface area (Å²) in [6.07, 6.45) is 1.80. The summed E-state index contributed by atoms with van der Waals surface area (Å²) >= 11 is 5.90. The van der Waals surface area contributed by atoms with Crippen LogP contribution < -0.4 is 4.72 Å². The van der Waals surface area contributed by atoms with E-state index in [2.05, 4.69) is 9.82 Å². The third-order valence-corrected chi connectivity index (χ3v) is 6.02. The molecule has 130 valence electrons. The summed E-state index contributed by atoms with van der Waals surface area (Å²) < 4.78 is 35.1. The van der Waals surface area contributed by atoms with Crippen LogP contribution in [0.3, 0.4) is 0 Å². The van der Waals surface area contributed by atoms with Crippen LogP contribution in [0.15, 0.2) is 29.2 Å². The molecule has 0 aliphatic carbocycles. The zero-order valence-electron chi connectivity index (χ0n) is 13.6. The second kappa shape index (κ2) is 6.84. The Morgan fingerprint density at radius 2 is 2.04 bits per heavy atom. The van der Waals surface area contributed by atoms with Crippen molar-refractivity contribution in [3.05, 3.63) is 40.7 Å². The van der Waals surface area contributed by atoms with Crippen molar-refractivity contribution in [2.24, 2.45) is 0 Å². The van der Waals surface area contributed by atoms with Gasteiger partial charge in [-0.1, -0.05) is 11.6 Å². The molecule has 1 atom stereocenters. The lowest BCUT2D eigenvalue weighted by Gasteiger charge is -2.12.